The molecule has 0 radical (unpaired) electrons. The number of ether oxygens (including phenoxy) is 2. The summed E-state index contributed by atoms with van der Waals surface area (Å²) in [6, 6.07) is 38.1. The van der Waals surface area contributed by atoms with E-state index in [9.17, 15) is 38.4 Å². The molecule has 312 valence electrons. The number of fused-ring (bicyclic) bond motifs is 6. The van der Waals surface area contributed by atoms with Gasteiger partial charge in [0.1, 0.15) is 23.0 Å². The molecule has 4 aliphatic heterocycles. The summed E-state index contributed by atoms with van der Waals surface area (Å²) in [4.78, 5) is 108. The van der Waals surface area contributed by atoms with E-state index >= 15 is 0 Å². The largest absolute Gasteiger partial charge is 0.457 e. The van der Waals surface area contributed by atoms with Gasteiger partial charge in [0.05, 0.1) is 57.3 Å². The lowest BCUT2D eigenvalue weighted by atomic mass is 9.59. The Hall–Kier alpha value is -8.52. The van der Waals surface area contributed by atoms with Crippen LogP contribution in [0.4, 0.5) is 11.4 Å². The van der Waals surface area contributed by atoms with Crippen molar-refractivity contribution in [3.63, 3.8) is 0 Å². The molecule has 4 unspecified atom stereocenters. The van der Waals surface area contributed by atoms with E-state index in [1.807, 2.05) is 72.8 Å². The minimum Gasteiger partial charge on any atom is -0.457 e. The average molecular weight is 849 g/mol. The lowest BCUT2D eigenvalue weighted by Gasteiger charge is -2.36. The molecule has 2 saturated heterocycles. The average Bonchev–Trinajstić information content (AvgIpc) is 3.83. The maximum atomic E-state index is 13.6. The fourth-order valence-electron chi connectivity index (χ4n) is 9.42. The van der Waals surface area contributed by atoms with E-state index in [-0.39, 0.29) is 33.9 Å². The Balaban J connectivity index is 0.718. The molecule has 14 nitrogen and oxygen atoms in total. The second-order valence-corrected chi connectivity index (χ2v) is 16.2. The number of carbonyl (C=O) groups excluding carboxylic acids is 8. The molecule has 0 aromatic heterocycles. The Morgan fingerprint density at radius 2 is 0.656 bits per heavy atom. The predicted molar refractivity (Wildman–Crippen MR) is 229 cm³/mol. The zero-order valence-corrected chi connectivity index (χ0v) is 33.9. The molecular weight excluding hydrogens is 817 g/mol. The number of carbonyl (C=O) groups is 8. The Morgan fingerprint density at radius 1 is 0.328 bits per heavy atom. The van der Waals surface area contributed by atoms with Crippen LogP contribution in [-0.4, -0.2) is 71.2 Å². The van der Waals surface area contributed by atoms with Crippen molar-refractivity contribution in [3.8, 4) is 45.3 Å². The van der Waals surface area contributed by atoms with Gasteiger partial charge in [-0.05, 0) is 107 Å². The van der Waals surface area contributed by atoms with E-state index in [4.69, 9.17) is 9.47 Å². The smallest absolute Gasteiger partial charge is 0.266 e. The van der Waals surface area contributed by atoms with Crippen LogP contribution in [0.3, 0.4) is 0 Å². The normalized spacial score (nSPS) is 20.8. The molecule has 1 saturated carbocycles. The van der Waals surface area contributed by atoms with Crippen LogP contribution in [0.5, 0.6) is 23.0 Å². The van der Waals surface area contributed by atoms with Gasteiger partial charge in [-0.1, -0.05) is 48.5 Å². The first-order chi connectivity index (χ1) is 30.9. The van der Waals surface area contributed by atoms with Gasteiger partial charge >= 0.3 is 0 Å². The summed E-state index contributed by atoms with van der Waals surface area (Å²) < 4.78 is 12.0. The van der Waals surface area contributed by atoms with Crippen molar-refractivity contribution >= 4 is 58.6 Å². The highest BCUT2D eigenvalue weighted by Crippen LogP contribution is 2.56. The number of likely N-dealkylation sites (tertiary alicyclic amines) is 1. The highest BCUT2D eigenvalue weighted by molar-refractivity contribution is 6.34. The molecule has 14 heteroatoms. The van der Waals surface area contributed by atoms with Crippen LogP contribution in [0.1, 0.15) is 41.4 Å². The van der Waals surface area contributed by atoms with E-state index in [0.29, 0.717) is 28.6 Å². The molecule has 64 heavy (non-hydrogen) atoms. The van der Waals surface area contributed by atoms with Gasteiger partial charge in [0, 0.05) is 14.1 Å². The Kier molecular flexibility index (Phi) is 8.40. The summed E-state index contributed by atoms with van der Waals surface area (Å²) in [6.07, 6.45) is 0. The summed E-state index contributed by atoms with van der Waals surface area (Å²) in [7, 11) is 2.80. The number of imide groups is 4. The molecule has 6 aromatic rings. The quantitative estimate of drug-likeness (QED) is 0.146. The second-order valence-electron chi connectivity index (χ2n) is 16.2. The number of benzene rings is 6. The lowest BCUT2D eigenvalue weighted by Crippen LogP contribution is -2.50. The molecule has 0 bridgehead atoms. The third kappa shape index (κ3) is 5.65. The third-order valence-corrected chi connectivity index (χ3v) is 12.8. The van der Waals surface area contributed by atoms with Crippen LogP contribution < -0.4 is 19.3 Å². The van der Waals surface area contributed by atoms with Crippen molar-refractivity contribution in [1.82, 2.24) is 9.80 Å². The first-order valence-electron chi connectivity index (χ1n) is 20.3. The highest BCUT2D eigenvalue weighted by atomic mass is 16.5. The van der Waals surface area contributed by atoms with Gasteiger partial charge < -0.3 is 9.47 Å². The summed E-state index contributed by atoms with van der Waals surface area (Å²) in [6.45, 7) is 0. The summed E-state index contributed by atoms with van der Waals surface area (Å²) in [5, 5.41) is 0. The second kappa shape index (κ2) is 14.0. The van der Waals surface area contributed by atoms with Crippen molar-refractivity contribution < 1.29 is 47.8 Å². The lowest BCUT2D eigenvalue weighted by molar-refractivity contribution is -0.146. The molecule has 6 aromatic carbocycles. The van der Waals surface area contributed by atoms with Gasteiger partial charge in [-0.25, -0.2) is 4.90 Å². The first kappa shape index (κ1) is 38.4. The van der Waals surface area contributed by atoms with Crippen LogP contribution in [0.25, 0.3) is 22.3 Å². The van der Waals surface area contributed by atoms with Crippen molar-refractivity contribution in [1.29, 1.82) is 0 Å². The summed E-state index contributed by atoms with van der Waals surface area (Å²) >= 11 is 0. The summed E-state index contributed by atoms with van der Waals surface area (Å²) in [5.74, 6) is -4.80. The Morgan fingerprint density at radius 3 is 1.12 bits per heavy atom. The zero-order valence-electron chi connectivity index (χ0n) is 33.9. The topological polar surface area (TPSA) is 168 Å². The van der Waals surface area contributed by atoms with Crippen molar-refractivity contribution in [2.24, 2.45) is 23.7 Å². The standard InChI is InChI=1S/C50H32N4O10/c1-51-43(55)35-21-19-33(23-37(35)44(51)56)64-34-20-22-36-38(24-34)46(58)53(45(36)57)29-11-3-25(4-12-29)27-7-15-31(16-8-27)63-32-17-9-28(10-18-32)26-5-13-30(14-6-26)54-49(61)41-39-40(42(41)50(54)62)48(60)52(2)47(39)59/h3-24,39-42H,1-2H3. The Labute approximate surface area is 363 Å². The minimum atomic E-state index is -0.798. The number of hydrogen-bond acceptors (Lipinski definition) is 10. The number of amides is 8. The molecule has 4 heterocycles. The maximum absolute atomic E-state index is 13.6. The van der Waals surface area contributed by atoms with Crippen molar-refractivity contribution in [3.05, 3.63) is 156 Å². The molecule has 1 aliphatic carbocycles. The van der Waals surface area contributed by atoms with Crippen LogP contribution in [0.2, 0.25) is 0 Å². The third-order valence-electron chi connectivity index (χ3n) is 12.8. The van der Waals surface area contributed by atoms with Crippen molar-refractivity contribution in [2.45, 2.75) is 0 Å². The zero-order chi connectivity index (χ0) is 44.3. The SMILES string of the molecule is CN1C(=O)c2ccc(Oc3ccc4c(c3)C(=O)N(c3ccc(-c5ccc(Oc6ccc(-c7ccc(N8C(=O)C9C%10C(=O)N(C)C(=O)C%10C9C8=O)cc7)cc6)cc5)cc3)C4=O)cc2C1=O. The van der Waals surface area contributed by atoms with E-state index in [0.717, 1.165) is 41.9 Å². The van der Waals surface area contributed by atoms with E-state index < -0.39 is 65.0 Å². The fourth-order valence-corrected chi connectivity index (χ4v) is 9.42. The molecule has 3 fully saturated rings. The van der Waals surface area contributed by atoms with Crippen LogP contribution in [0, 0.1) is 23.7 Å². The van der Waals surface area contributed by atoms with E-state index in [1.54, 1.807) is 36.4 Å². The van der Waals surface area contributed by atoms with Gasteiger partial charge in [-0.3, -0.25) is 53.1 Å². The molecule has 11 rings (SSSR count). The van der Waals surface area contributed by atoms with Crippen molar-refractivity contribution in [2.75, 3.05) is 23.9 Å². The Bertz CT molecular complexity index is 3070. The minimum absolute atomic E-state index is 0.178. The van der Waals surface area contributed by atoms with Crippen LogP contribution in [0.15, 0.2) is 133 Å². The van der Waals surface area contributed by atoms with Gasteiger partial charge in [-0.2, -0.15) is 0 Å². The highest BCUT2D eigenvalue weighted by Gasteiger charge is 2.73. The predicted octanol–water partition coefficient (Wildman–Crippen LogP) is 6.98. The van der Waals surface area contributed by atoms with Gasteiger partial charge in [0.15, 0.2) is 0 Å². The number of rotatable bonds is 8. The molecule has 8 amide bonds. The van der Waals surface area contributed by atoms with Gasteiger partial charge in [0.25, 0.3) is 23.6 Å². The number of anilines is 2. The molecule has 5 aliphatic rings. The van der Waals surface area contributed by atoms with Gasteiger partial charge in [0.2, 0.25) is 23.6 Å². The fraction of sp³-hybridized carbons (Fsp3) is 0.120. The summed E-state index contributed by atoms with van der Waals surface area (Å²) in [5.41, 5.74) is 5.18. The first-order valence-corrected chi connectivity index (χ1v) is 20.3. The van der Waals surface area contributed by atoms with E-state index in [2.05, 4.69) is 0 Å². The molecule has 0 N–H and O–H groups in total. The number of nitrogens with zero attached hydrogens (tertiary/aromatic N) is 4. The maximum Gasteiger partial charge on any atom is 0.266 e. The monoisotopic (exact) mass is 848 g/mol. The van der Waals surface area contributed by atoms with Crippen LogP contribution >= 0.6 is 0 Å². The van der Waals surface area contributed by atoms with Crippen LogP contribution in [-0.2, 0) is 19.2 Å². The molecule has 0 spiro atoms. The van der Waals surface area contributed by atoms with Gasteiger partial charge in [-0.15, -0.1) is 0 Å². The van der Waals surface area contributed by atoms with E-state index in [1.165, 1.54) is 38.4 Å². The number of hydrogen-bond donors (Lipinski definition) is 0. The molecular formula is C50H32N4O10. The molecule has 4 atom stereocenters.